The topological polar surface area (TPSA) is 46.3 Å². The zero-order chi connectivity index (χ0) is 12.8. The Morgan fingerprint density at radius 3 is 2.35 bits per heavy atom. The van der Waals surface area contributed by atoms with E-state index in [9.17, 15) is 4.79 Å². The number of carbonyl (C=O) groups excluding carboxylic acids is 1. The predicted molar refractivity (Wildman–Crippen MR) is 72.1 cm³/mol. The smallest absolute Gasteiger partial charge is 0.243 e. The Bertz CT molecular complexity index is 359. The van der Waals surface area contributed by atoms with Crippen LogP contribution in [0.25, 0.3) is 0 Å². The summed E-state index contributed by atoms with van der Waals surface area (Å²) >= 11 is 0. The molecule has 0 bridgehead atoms. The maximum Gasteiger partial charge on any atom is 0.243 e. The van der Waals surface area contributed by atoms with Gasteiger partial charge in [0.05, 0.1) is 6.04 Å². The van der Waals surface area contributed by atoms with Crippen LogP contribution in [0.2, 0.25) is 0 Å². The molecule has 0 saturated heterocycles. The summed E-state index contributed by atoms with van der Waals surface area (Å²) in [5, 5.41) is 0. The number of hydrogen-bond acceptors (Lipinski definition) is 2. The van der Waals surface area contributed by atoms with Gasteiger partial charge in [0, 0.05) is 12.7 Å². The number of nitrogens with zero attached hydrogens (tertiary/aromatic N) is 1. The first-order valence-electron chi connectivity index (χ1n) is 6.22. The van der Waals surface area contributed by atoms with Crippen LogP contribution in [0.3, 0.4) is 0 Å². The van der Waals surface area contributed by atoms with Crippen molar-refractivity contribution in [2.75, 3.05) is 11.9 Å². The van der Waals surface area contributed by atoms with Gasteiger partial charge in [-0.2, -0.15) is 0 Å². The van der Waals surface area contributed by atoms with Crippen LogP contribution in [0.4, 0.5) is 5.69 Å². The molecule has 17 heavy (non-hydrogen) atoms. The first kappa shape index (κ1) is 13.7. The number of nitrogens with two attached hydrogens (primary N) is 1. The highest BCUT2D eigenvalue weighted by Crippen LogP contribution is 2.15. The van der Waals surface area contributed by atoms with Gasteiger partial charge in [0.2, 0.25) is 5.91 Å². The van der Waals surface area contributed by atoms with Crippen molar-refractivity contribution in [2.24, 2.45) is 5.73 Å². The van der Waals surface area contributed by atoms with Crippen LogP contribution in [-0.4, -0.2) is 19.0 Å². The molecule has 3 nitrogen and oxygen atoms in total. The monoisotopic (exact) mass is 234 g/mol. The van der Waals surface area contributed by atoms with Crippen molar-refractivity contribution in [3.8, 4) is 0 Å². The van der Waals surface area contributed by atoms with Gasteiger partial charge in [0.1, 0.15) is 0 Å². The molecule has 1 aromatic rings. The first-order valence-corrected chi connectivity index (χ1v) is 6.22. The van der Waals surface area contributed by atoms with Gasteiger partial charge < -0.3 is 10.6 Å². The van der Waals surface area contributed by atoms with E-state index in [1.165, 1.54) is 5.56 Å². The van der Waals surface area contributed by atoms with E-state index in [1.807, 2.05) is 31.2 Å². The summed E-state index contributed by atoms with van der Waals surface area (Å²) in [4.78, 5) is 13.6. The van der Waals surface area contributed by atoms with Crippen LogP contribution in [0.1, 0.15) is 32.3 Å². The Balaban J connectivity index is 2.74. The van der Waals surface area contributed by atoms with Crippen molar-refractivity contribution in [3.05, 3.63) is 29.8 Å². The Morgan fingerprint density at radius 2 is 1.88 bits per heavy atom. The summed E-state index contributed by atoms with van der Waals surface area (Å²) in [6.45, 7) is 4.14. The molecule has 0 fully saturated rings. The van der Waals surface area contributed by atoms with Crippen molar-refractivity contribution in [1.29, 1.82) is 0 Å². The molecule has 0 heterocycles. The zero-order valence-corrected chi connectivity index (χ0v) is 10.9. The highest BCUT2D eigenvalue weighted by atomic mass is 16.2. The van der Waals surface area contributed by atoms with Crippen molar-refractivity contribution < 1.29 is 4.79 Å². The summed E-state index contributed by atoms with van der Waals surface area (Å²) in [7, 11) is 1.78. The molecule has 0 spiro atoms. The summed E-state index contributed by atoms with van der Waals surface area (Å²) in [6.07, 6.45) is 2.67. The first-order chi connectivity index (χ1) is 8.10. The Kier molecular flexibility index (Phi) is 5.16. The van der Waals surface area contributed by atoms with E-state index < -0.39 is 6.04 Å². The quantitative estimate of drug-likeness (QED) is 0.850. The number of aryl methyl sites for hydroxylation is 1. The molecule has 0 aromatic heterocycles. The third-order valence-electron chi connectivity index (χ3n) is 2.98. The van der Waals surface area contributed by atoms with Crippen LogP contribution in [0, 0.1) is 0 Å². The highest BCUT2D eigenvalue weighted by Gasteiger charge is 2.17. The third-order valence-corrected chi connectivity index (χ3v) is 2.98. The van der Waals surface area contributed by atoms with Gasteiger partial charge in [-0.1, -0.05) is 32.4 Å². The second-order valence-electron chi connectivity index (χ2n) is 4.31. The molecule has 0 aliphatic heterocycles. The van der Waals surface area contributed by atoms with Gasteiger partial charge >= 0.3 is 0 Å². The van der Waals surface area contributed by atoms with E-state index in [-0.39, 0.29) is 5.91 Å². The van der Waals surface area contributed by atoms with E-state index in [0.29, 0.717) is 0 Å². The van der Waals surface area contributed by atoms with E-state index in [4.69, 9.17) is 5.73 Å². The van der Waals surface area contributed by atoms with E-state index in [0.717, 1.165) is 24.9 Å². The van der Waals surface area contributed by atoms with Gasteiger partial charge in [-0.05, 0) is 30.5 Å². The molecule has 0 saturated carbocycles. The molecule has 2 N–H and O–H groups in total. The van der Waals surface area contributed by atoms with E-state index in [1.54, 1.807) is 11.9 Å². The Morgan fingerprint density at radius 1 is 1.29 bits per heavy atom. The van der Waals surface area contributed by atoms with Gasteiger partial charge in [-0.3, -0.25) is 4.79 Å². The molecular formula is C14H22N2O. The SMILES string of the molecule is CCC[C@@H](N)C(=O)N(C)c1ccc(CC)cc1. The molecule has 1 atom stereocenters. The van der Waals surface area contributed by atoms with Crippen LogP contribution in [-0.2, 0) is 11.2 Å². The molecule has 1 rings (SSSR count). The molecule has 1 amide bonds. The lowest BCUT2D eigenvalue weighted by atomic mass is 10.1. The number of rotatable bonds is 5. The fourth-order valence-corrected chi connectivity index (χ4v) is 1.77. The molecule has 0 aliphatic carbocycles. The van der Waals surface area contributed by atoms with Crippen molar-refractivity contribution in [1.82, 2.24) is 0 Å². The molecule has 1 aromatic carbocycles. The molecule has 0 aliphatic rings. The maximum absolute atomic E-state index is 12.0. The van der Waals surface area contributed by atoms with Crippen molar-refractivity contribution in [2.45, 2.75) is 39.2 Å². The second kappa shape index (κ2) is 6.40. The average Bonchev–Trinajstić information content (AvgIpc) is 2.37. The lowest BCUT2D eigenvalue weighted by Gasteiger charge is -2.21. The minimum Gasteiger partial charge on any atom is -0.320 e. The fourth-order valence-electron chi connectivity index (χ4n) is 1.77. The molecular weight excluding hydrogens is 212 g/mol. The molecule has 3 heteroatoms. The standard InChI is InChI=1S/C14H22N2O/c1-4-6-13(15)14(17)16(3)12-9-7-11(5-2)8-10-12/h7-10,13H,4-6,15H2,1-3H3/t13-/m1/s1. The van der Waals surface area contributed by atoms with Crippen LogP contribution in [0.15, 0.2) is 24.3 Å². The number of likely N-dealkylation sites (N-methyl/N-ethyl adjacent to an activating group) is 1. The third kappa shape index (κ3) is 3.56. The van der Waals surface area contributed by atoms with Gasteiger partial charge in [-0.15, -0.1) is 0 Å². The van der Waals surface area contributed by atoms with Crippen LogP contribution in [0.5, 0.6) is 0 Å². The average molecular weight is 234 g/mol. The Hall–Kier alpha value is -1.35. The number of benzene rings is 1. The summed E-state index contributed by atoms with van der Waals surface area (Å²) < 4.78 is 0. The number of hydrogen-bond donors (Lipinski definition) is 1. The summed E-state index contributed by atoms with van der Waals surface area (Å²) in [6, 6.07) is 7.63. The highest BCUT2D eigenvalue weighted by molar-refractivity contribution is 5.96. The molecule has 0 radical (unpaired) electrons. The Labute approximate surface area is 104 Å². The van der Waals surface area contributed by atoms with E-state index in [2.05, 4.69) is 6.92 Å². The minimum atomic E-state index is -0.393. The predicted octanol–water partition coefficient (Wildman–Crippen LogP) is 2.34. The van der Waals surface area contributed by atoms with Crippen LogP contribution < -0.4 is 10.6 Å². The normalized spacial score (nSPS) is 12.2. The van der Waals surface area contributed by atoms with Gasteiger partial charge in [0.25, 0.3) is 0 Å². The number of amides is 1. The summed E-state index contributed by atoms with van der Waals surface area (Å²) in [5.74, 6) is -0.0175. The van der Waals surface area contributed by atoms with Gasteiger partial charge in [-0.25, -0.2) is 0 Å². The van der Waals surface area contributed by atoms with Crippen LogP contribution >= 0.6 is 0 Å². The molecule has 94 valence electrons. The maximum atomic E-state index is 12.0. The lowest BCUT2D eigenvalue weighted by molar-refractivity contribution is -0.119. The number of carbonyl (C=O) groups is 1. The van der Waals surface area contributed by atoms with E-state index >= 15 is 0 Å². The van der Waals surface area contributed by atoms with Gasteiger partial charge in [0.15, 0.2) is 0 Å². The zero-order valence-electron chi connectivity index (χ0n) is 10.9. The second-order valence-corrected chi connectivity index (χ2v) is 4.31. The lowest BCUT2D eigenvalue weighted by Crippen LogP contribution is -2.41. The molecule has 0 unspecified atom stereocenters. The van der Waals surface area contributed by atoms with Crippen molar-refractivity contribution in [3.63, 3.8) is 0 Å². The fraction of sp³-hybridized carbons (Fsp3) is 0.500. The largest absolute Gasteiger partial charge is 0.320 e. The number of anilines is 1. The summed E-state index contributed by atoms with van der Waals surface area (Å²) in [5.41, 5.74) is 8.00. The van der Waals surface area contributed by atoms with Crippen molar-refractivity contribution >= 4 is 11.6 Å². The minimum absolute atomic E-state index is 0.0175.